The zero-order valence-corrected chi connectivity index (χ0v) is 14.9. The maximum Gasteiger partial charge on any atom is 0.337 e. The highest BCUT2D eigenvalue weighted by Gasteiger charge is 2.20. The molecule has 0 aliphatic rings. The number of carbonyl (C=O) groups is 2. The smallest absolute Gasteiger partial charge is 0.337 e. The molecule has 0 bridgehead atoms. The lowest BCUT2D eigenvalue weighted by Crippen LogP contribution is -2.34. The quantitative estimate of drug-likeness (QED) is 0.774. The van der Waals surface area contributed by atoms with E-state index < -0.39 is 5.97 Å². The van der Waals surface area contributed by atoms with E-state index in [4.69, 9.17) is 15.2 Å². The minimum absolute atomic E-state index is 0. The van der Waals surface area contributed by atoms with Gasteiger partial charge in [0, 0.05) is 6.04 Å². The Morgan fingerprint density at radius 1 is 1.17 bits per heavy atom. The van der Waals surface area contributed by atoms with E-state index >= 15 is 0 Å². The third kappa shape index (κ3) is 6.08. The van der Waals surface area contributed by atoms with Crippen LogP contribution in [0.1, 0.15) is 38.1 Å². The second-order valence-corrected chi connectivity index (χ2v) is 5.51. The predicted octanol–water partition coefficient (Wildman–Crippen LogP) is 2.60. The molecule has 0 spiro atoms. The highest BCUT2D eigenvalue weighted by Crippen LogP contribution is 2.28. The van der Waals surface area contributed by atoms with E-state index in [0.717, 1.165) is 0 Å². The zero-order chi connectivity index (χ0) is 16.9. The largest absolute Gasteiger partial charge is 0.489 e. The fourth-order valence-electron chi connectivity index (χ4n) is 1.71. The van der Waals surface area contributed by atoms with E-state index in [1.165, 1.54) is 13.2 Å². The first-order valence-electron chi connectivity index (χ1n) is 7.21. The normalized spacial score (nSPS) is 12.8. The number of hydrogen-bond donors (Lipinski definition) is 2. The molecule has 2 unspecified atom stereocenters. The van der Waals surface area contributed by atoms with E-state index in [2.05, 4.69) is 5.32 Å². The van der Waals surface area contributed by atoms with Crippen LogP contribution in [0.2, 0.25) is 0 Å². The second kappa shape index (κ2) is 9.37. The zero-order valence-electron chi connectivity index (χ0n) is 14.1. The maximum absolute atomic E-state index is 12.2. The number of carbonyl (C=O) groups excluding carboxylic acids is 2. The molecular weight excluding hydrogens is 320 g/mol. The summed E-state index contributed by atoms with van der Waals surface area (Å²) in [7, 11) is 1.30. The van der Waals surface area contributed by atoms with Crippen molar-refractivity contribution in [3.8, 4) is 5.75 Å². The van der Waals surface area contributed by atoms with Crippen LogP contribution in [0.4, 0.5) is 5.69 Å². The van der Waals surface area contributed by atoms with Gasteiger partial charge in [0.05, 0.1) is 30.4 Å². The number of rotatable bonds is 6. The van der Waals surface area contributed by atoms with Crippen LogP contribution in [-0.4, -0.2) is 31.1 Å². The van der Waals surface area contributed by atoms with Gasteiger partial charge in [-0.2, -0.15) is 0 Å². The van der Waals surface area contributed by atoms with Gasteiger partial charge in [-0.3, -0.25) is 4.79 Å². The Bertz CT molecular complexity index is 547. The molecule has 3 N–H and O–H groups in total. The average Bonchev–Trinajstić information content (AvgIpc) is 2.46. The van der Waals surface area contributed by atoms with Gasteiger partial charge in [0.1, 0.15) is 5.75 Å². The fraction of sp³-hybridized carbons (Fsp3) is 0.500. The van der Waals surface area contributed by atoms with Crippen LogP contribution in [-0.2, 0) is 9.53 Å². The van der Waals surface area contributed by atoms with Crippen molar-refractivity contribution < 1.29 is 19.1 Å². The first-order chi connectivity index (χ1) is 10.3. The summed E-state index contributed by atoms with van der Waals surface area (Å²) >= 11 is 0. The van der Waals surface area contributed by atoms with E-state index in [-0.39, 0.29) is 36.4 Å². The molecule has 1 aromatic rings. The standard InChI is InChI=1S/C16H24N2O4.ClH/c1-9(2)22-14-7-6-12(16(20)21-5)8-13(14)18-15(19)10(3)11(4)17;/h6-11H,17H2,1-5H3,(H,18,19);1H. The van der Waals surface area contributed by atoms with Crippen molar-refractivity contribution in [1.82, 2.24) is 0 Å². The Labute approximate surface area is 143 Å². The van der Waals surface area contributed by atoms with Crippen molar-refractivity contribution in [1.29, 1.82) is 0 Å². The minimum Gasteiger partial charge on any atom is -0.489 e. The van der Waals surface area contributed by atoms with E-state index in [1.54, 1.807) is 26.0 Å². The lowest BCUT2D eigenvalue weighted by atomic mass is 10.0. The first-order valence-corrected chi connectivity index (χ1v) is 7.21. The van der Waals surface area contributed by atoms with Gasteiger partial charge in [-0.1, -0.05) is 6.92 Å². The summed E-state index contributed by atoms with van der Waals surface area (Å²) < 4.78 is 10.3. The van der Waals surface area contributed by atoms with Crippen molar-refractivity contribution in [2.75, 3.05) is 12.4 Å². The molecule has 2 atom stereocenters. The molecule has 0 aromatic heterocycles. The number of nitrogens with two attached hydrogens (primary N) is 1. The van der Waals surface area contributed by atoms with Crippen LogP contribution in [0, 0.1) is 5.92 Å². The molecule has 0 aliphatic carbocycles. The summed E-state index contributed by atoms with van der Waals surface area (Å²) in [5.41, 5.74) is 6.50. The van der Waals surface area contributed by atoms with Gasteiger partial charge in [0.2, 0.25) is 5.91 Å². The summed E-state index contributed by atoms with van der Waals surface area (Å²) in [6.07, 6.45) is -0.0644. The molecule has 23 heavy (non-hydrogen) atoms. The van der Waals surface area contributed by atoms with Crippen molar-refractivity contribution in [3.63, 3.8) is 0 Å². The summed E-state index contributed by atoms with van der Waals surface area (Å²) in [4.78, 5) is 23.8. The number of esters is 1. The Hall–Kier alpha value is -1.79. The summed E-state index contributed by atoms with van der Waals surface area (Å²) in [6, 6.07) is 4.49. The monoisotopic (exact) mass is 344 g/mol. The van der Waals surface area contributed by atoms with Crippen molar-refractivity contribution in [2.24, 2.45) is 11.7 Å². The van der Waals surface area contributed by atoms with E-state index in [0.29, 0.717) is 17.0 Å². The van der Waals surface area contributed by atoms with Crippen LogP contribution in [0.15, 0.2) is 18.2 Å². The Kier molecular flexibility index (Phi) is 8.64. The number of methoxy groups -OCH3 is 1. The lowest BCUT2D eigenvalue weighted by molar-refractivity contribution is -0.119. The van der Waals surface area contributed by atoms with Crippen LogP contribution < -0.4 is 15.8 Å². The molecule has 0 saturated carbocycles. The topological polar surface area (TPSA) is 90.6 Å². The molecular formula is C16H25ClN2O4. The maximum atomic E-state index is 12.2. The predicted molar refractivity (Wildman–Crippen MR) is 92.2 cm³/mol. The third-order valence-corrected chi connectivity index (χ3v) is 3.22. The number of ether oxygens (including phenoxy) is 2. The number of amides is 1. The third-order valence-electron chi connectivity index (χ3n) is 3.22. The number of nitrogens with one attached hydrogen (secondary N) is 1. The van der Waals surface area contributed by atoms with Crippen LogP contribution >= 0.6 is 12.4 Å². The molecule has 0 saturated heterocycles. The molecule has 1 amide bonds. The van der Waals surface area contributed by atoms with Gasteiger partial charge in [0.15, 0.2) is 0 Å². The first kappa shape index (κ1) is 21.2. The lowest BCUT2D eigenvalue weighted by Gasteiger charge is -2.19. The van der Waals surface area contributed by atoms with Crippen molar-refractivity contribution >= 4 is 30.0 Å². The van der Waals surface area contributed by atoms with Crippen molar-refractivity contribution in [3.05, 3.63) is 23.8 Å². The molecule has 130 valence electrons. The molecule has 6 nitrogen and oxygen atoms in total. The summed E-state index contributed by atoms with van der Waals surface area (Å²) in [5, 5.41) is 2.76. The van der Waals surface area contributed by atoms with Gasteiger partial charge in [-0.05, 0) is 39.0 Å². The SMILES string of the molecule is COC(=O)c1ccc(OC(C)C)c(NC(=O)C(C)C(C)N)c1.Cl. The van der Waals surface area contributed by atoms with Gasteiger partial charge < -0.3 is 20.5 Å². The second-order valence-electron chi connectivity index (χ2n) is 5.51. The number of hydrogen-bond acceptors (Lipinski definition) is 5. The highest BCUT2D eigenvalue weighted by atomic mass is 35.5. The Morgan fingerprint density at radius 3 is 2.26 bits per heavy atom. The van der Waals surface area contributed by atoms with E-state index in [1.807, 2.05) is 13.8 Å². The van der Waals surface area contributed by atoms with Crippen molar-refractivity contribution in [2.45, 2.75) is 39.8 Å². The molecule has 0 heterocycles. The average molecular weight is 345 g/mol. The summed E-state index contributed by atoms with van der Waals surface area (Å²) in [6.45, 7) is 7.27. The molecule has 0 aliphatic heterocycles. The van der Waals surface area contributed by atoms with E-state index in [9.17, 15) is 9.59 Å². The number of halogens is 1. The number of anilines is 1. The van der Waals surface area contributed by atoms with Crippen LogP contribution in [0.25, 0.3) is 0 Å². The molecule has 1 aromatic carbocycles. The molecule has 7 heteroatoms. The number of benzene rings is 1. The molecule has 1 rings (SSSR count). The van der Waals surface area contributed by atoms with Gasteiger partial charge >= 0.3 is 5.97 Å². The van der Waals surface area contributed by atoms with Crippen LogP contribution in [0.5, 0.6) is 5.75 Å². The summed E-state index contributed by atoms with van der Waals surface area (Å²) in [5.74, 6) is -0.584. The van der Waals surface area contributed by atoms with Gasteiger partial charge in [-0.15, -0.1) is 12.4 Å². The minimum atomic E-state index is -0.480. The Morgan fingerprint density at radius 2 is 1.78 bits per heavy atom. The van der Waals surface area contributed by atoms with Gasteiger partial charge in [0.25, 0.3) is 0 Å². The molecule has 0 radical (unpaired) electrons. The van der Waals surface area contributed by atoms with Crippen LogP contribution in [0.3, 0.4) is 0 Å². The highest BCUT2D eigenvalue weighted by molar-refractivity contribution is 5.97. The molecule has 0 fully saturated rings. The fourth-order valence-corrected chi connectivity index (χ4v) is 1.71. The Balaban J connectivity index is 0.00000484. The van der Waals surface area contributed by atoms with Gasteiger partial charge in [-0.25, -0.2) is 4.79 Å².